The maximum absolute atomic E-state index is 8.86. The zero-order chi connectivity index (χ0) is 14.1. The lowest BCUT2D eigenvalue weighted by molar-refractivity contribution is 0.281. The monoisotopic (exact) mass is 271 g/mol. The molecule has 20 heavy (non-hydrogen) atoms. The largest absolute Gasteiger partial charge is 0.396 e. The molecule has 0 radical (unpaired) electrons. The van der Waals surface area contributed by atoms with Crippen molar-refractivity contribution in [2.24, 2.45) is 0 Å². The Hall–Kier alpha value is -2.34. The topological polar surface area (TPSA) is 103 Å². The van der Waals surface area contributed by atoms with Gasteiger partial charge >= 0.3 is 0 Å². The zero-order valence-corrected chi connectivity index (χ0v) is 11.1. The number of nitrogens with two attached hydrogens (primary N) is 2. The number of aliphatic hydroxyl groups excluding tert-OH is 1. The van der Waals surface area contributed by atoms with E-state index in [0.29, 0.717) is 5.82 Å². The number of anilines is 2. The van der Waals surface area contributed by atoms with Crippen LogP contribution >= 0.6 is 0 Å². The SMILES string of the molecule is Nc1nc(N)c2c(ccc3c2ccn3CCCCO)n1. The lowest BCUT2D eigenvalue weighted by Crippen LogP contribution is -2.01. The minimum Gasteiger partial charge on any atom is -0.396 e. The summed E-state index contributed by atoms with van der Waals surface area (Å²) in [4.78, 5) is 8.25. The Balaban J connectivity index is 2.13. The summed E-state index contributed by atoms with van der Waals surface area (Å²) in [6.45, 7) is 1.09. The Morgan fingerprint density at radius 3 is 2.75 bits per heavy atom. The Kier molecular flexibility index (Phi) is 3.15. The minimum atomic E-state index is 0.191. The standard InChI is InChI=1S/C14H17N5O/c15-13-12-9-5-7-19(6-1-2-8-20)11(9)4-3-10(12)17-14(16)18-13/h3-5,7,20H,1-2,6,8H2,(H4,15,16,17,18). The zero-order valence-electron chi connectivity index (χ0n) is 11.1. The number of aromatic nitrogens is 3. The van der Waals surface area contributed by atoms with Crippen LogP contribution in [0.2, 0.25) is 0 Å². The van der Waals surface area contributed by atoms with Crippen molar-refractivity contribution in [1.82, 2.24) is 14.5 Å². The highest BCUT2D eigenvalue weighted by atomic mass is 16.2. The molecule has 0 unspecified atom stereocenters. The van der Waals surface area contributed by atoms with E-state index in [0.717, 1.165) is 41.2 Å². The molecular weight excluding hydrogens is 254 g/mol. The Morgan fingerprint density at radius 2 is 1.95 bits per heavy atom. The fourth-order valence-electron chi connectivity index (χ4n) is 2.54. The van der Waals surface area contributed by atoms with Crippen molar-refractivity contribution < 1.29 is 5.11 Å². The molecule has 5 N–H and O–H groups in total. The summed E-state index contributed by atoms with van der Waals surface area (Å²) in [6, 6.07) is 5.95. The second-order valence-corrected chi connectivity index (χ2v) is 4.80. The van der Waals surface area contributed by atoms with E-state index in [9.17, 15) is 0 Å². The number of benzene rings is 1. The Labute approximate surface area is 116 Å². The summed E-state index contributed by atoms with van der Waals surface area (Å²) in [5.41, 5.74) is 13.5. The van der Waals surface area contributed by atoms with Crippen LogP contribution in [0, 0.1) is 0 Å². The predicted octanol–water partition coefficient (Wildman–Crippen LogP) is 1.52. The number of aryl methyl sites for hydroxylation is 1. The van der Waals surface area contributed by atoms with Crippen molar-refractivity contribution in [1.29, 1.82) is 0 Å². The molecule has 0 aliphatic carbocycles. The number of nitrogens with zero attached hydrogens (tertiary/aromatic N) is 3. The van der Waals surface area contributed by atoms with E-state index in [1.165, 1.54) is 0 Å². The van der Waals surface area contributed by atoms with Gasteiger partial charge in [-0.15, -0.1) is 0 Å². The van der Waals surface area contributed by atoms with Gasteiger partial charge in [0.2, 0.25) is 5.95 Å². The quantitative estimate of drug-likeness (QED) is 0.624. The third-order valence-electron chi connectivity index (χ3n) is 3.46. The molecule has 0 saturated carbocycles. The number of rotatable bonds is 4. The first-order valence-electron chi connectivity index (χ1n) is 6.62. The maximum atomic E-state index is 8.86. The lowest BCUT2D eigenvalue weighted by atomic mass is 10.1. The van der Waals surface area contributed by atoms with Gasteiger partial charge in [0.1, 0.15) is 5.82 Å². The number of fused-ring (bicyclic) bond motifs is 3. The molecule has 0 bridgehead atoms. The van der Waals surface area contributed by atoms with Gasteiger partial charge in [0.15, 0.2) is 0 Å². The van der Waals surface area contributed by atoms with Crippen LogP contribution in [0.5, 0.6) is 0 Å². The molecule has 0 atom stereocenters. The van der Waals surface area contributed by atoms with E-state index in [1.807, 2.05) is 24.4 Å². The molecule has 0 amide bonds. The third-order valence-corrected chi connectivity index (χ3v) is 3.46. The predicted molar refractivity (Wildman–Crippen MR) is 80.2 cm³/mol. The van der Waals surface area contributed by atoms with Crippen LogP contribution < -0.4 is 11.5 Å². The van der Waals surface area contributed by atoms with E-state index in [2.05, 4.69) is 14.5 Å². The van der Waals surface area contributed by atoms with Gasteiger partial charge in [-0.2, -0.15) is 4.98 Å². The molecule has 3 rings (SSSR count). The van der Waals surface area contributed by atoms with Crippen LogP contribution in [0.15, 0.2) is 24.4 Å². The molecular formula is C14H17N5O. The van der Waals surface area contributed by atoms with Crippen molar-refractivity contribution >= 4 is 33.6 Å². The van der Waals surface area contributed by atoms with Crippen LogP contribution in [0.3, 0.4) is 0 Å². The van der Waals surface area contributed by atoms with Gasteiger partial charge in [-0.25, -0.2) is 4.98 Å². The van der Waals surface area contributed by atoms with E-state index < -0.39 is 0 Å². The van der Waals surface area contributed by atoms with Crippen molar-refractivity contribution in [2.75, 3.05) is 18.1 Å². The normalized spacial score (nSPS) is 11.4. The first-order chi connectivity index (χ1) is 9.70. The molecule has 2 heterocycles. The number of aliphatic hydroxyl groups is 1. The first kappa shape index (κ1) is 12.7. The average molecular weight is 271 g/mol. The smallest absolute Gasteiger partial charge is 0.222 e. The van der Waals surface area contributed by atoms with E-state index in [-0.39, 0.29) is 12.6 Å². The van der Waals surface area contributed by atoms with Gasteiger partial charge < -0.3 is 21.1 Å². The number of unbranched alkanes of at least 4 members (excludes halogenated alkanes) is 1. The van der Waals surface area contributed by atoms with Gasteiger partial charge in [-0.05, 0) is 31.0 Å². The summed E-state index contributed by atoms with van der Waals surface area (Å²) >= 11 is 0. The molecule has 0 fully saturated rings. The maximum Gasteiger partial charge on any atom is 0.222 e. The van der Waals surface area contributed by atoms with Gasteiger partial charge in [0.25, 0.3) is 0 Å². The fourth-order valence-corrected chi connectivity index (χ4v) is 2.54. The summed E-state index contributed by atoms with van der Waals surface area (Å²) in [5, 5.41) is 10.7. The molecule has 2 aromatic heterocycles. The van der Waals surface area contributed by atoms with Crippen LogP contribution in [0.25, 0.3) is 21.8 Å². The highest BCUT2D eigenvalue weighted by Gasteiger charge is 2.10. The van der Waals surface area contributed by atoms with Gasteiger partial charge in [0.05, 0.1) is 10.9 Å². The Morgan fingerprint density at radius 1 is 1.10 bits per heavy atom. The lowest BCUT2D eigenvalue weighted by Gasteiger charge is -2.07. The van der Waals surface area contributed by atoms with Crippen molar-refractivity contribution in [2.45, 2.75) is 19.4 Å². The second-order valence-electron chi connectivity index (χ2n) is 4.80. The molecule has 6 nitrogen and oxygen atoms in total. The molecule has 0 aliphatic rings. The highest BCUT2D eigenvalue weighted by Crippen LogP contribution is 2.29. The first-order valence-corrected chi connectivity index (χ1v) is 6.62. The molecule has 0 aliphatic heterocycles. The van der Waals surface area contributed by atoms with E-state index >= 15 is 0 Å². The number of hydrogen-bond donors (Lipinski definition) is 3. The van der Waals surface area contributed by atoms with Crippen LogP contribution in [0.1, 0.15) is 12.8 Å². The van der Waals surface area contributed by atoms with Crippen LogP contribution in [-0.4, -0.2) is 26.2 Å². The van der Waals surface area contributed by atoms with Crippen molar-refractivity contribution in [3.63, 3.8) is 0 Å². The van der Waals surface area contributed by atoms with Gasteiger partial charge in [0, 0.05) is 30.3 Å². The van der Waals surface area contributed by atoms with Gasteiger partial charge in [-0.1, -0.05) is 0 Å². The highest BCUT2D eigenvalue weighted by molar-refractivity contribution is 6.10. The van der Waals surface area contributed by atoms with Crippen LogP contribution in [-0.2, 0) is 6.54 Å². The molecule has 0 spiro atoms. The molecule has 6 heteroatoms. The molecule has 1 aromatic carbocycles. The summed E-state index contributed by atoms with van der Waals surface area (Å²) in [7, 11) is 0. The van der Waals surface area contributed by atoms with E-state index in [1.54, 1.807) is 0 Å². The average Bonchev–Trinajstić information content (AvgIpc) is 2.81. The minimum absolute atomic E-state index is 0.191. The van der Waals surface area contributed by atoms with Crippen molar-refractivity contribution in [3.8, 4) is 0 Å². The number of hydrogen-bond acceptors (Lipinski definition) is 5. The fraction of sp³-hybridized carbons (Fsp3) is 0.286. The Bertz CT molecular complexity index is 765. The molecule has 3 aromatic rings. The second kappa shape index (κ2) is 4.97. The van der Waals surface area contributed by atoms with Gasteiger partial charge in [-0.3, -0.25) is 0 Å². The summed E-state index contributed by atoms with van der Waals surface area (Å²) in [5.74, 6) is 0.600. The summed E-state index contributed by atoms with van der Waals surface area (Å²) in [6.07, 6.45) is 3.76. The van der Waals surface area contributed by atoms with Crippen LogP contribution in [0.4, 0.5) is 11.8 Å². The molecule has 104 valence electrons. The molecule has 0 saturated heterocycles. The summed E-state index contributed by atoms with van der Waals surface area (Å²) < 4.78 is 2.15. The van der Waals surface area contributed by atoms with Crippen molar-refractivity contribution in [3.05, 3.63) is 24.4 Å². The van der Waals surface area contributed by atoms with E-state index in [4.69, 9.17) is 16.6 Å². The third kappa shape index (κ3) is 2.04. The number of nitrogen functional groups attached to an aromatic ring is 2.